The largest absolute Gasteiger partial charge is 0.343 e. The van der Waals surface area contributed by atoms with Crippen LogP contribution in [0.1, 0.15) is 36.6 Å². The summed E-state index contributed by atoms with van der Waals surface area (Å²) in [6.07, 6.45) is 0.867. The molecule has 2 aromatic rings. The van der Waals surface area contributed by atoms with Gasteiger partial charge in [0.1, 0.15) is 0 Å². The summed E-state index contributed by atoms with van der Waals surface area (Å²) in [7, 11) is 0. The summed E-state index contributed by atoms with van der Waals surface area (Å²) in [5.74, 6) is 0. The van der Waals surface area contributed by atoms with Crippen LogP contribution in [0.3, 0.4) is 0 Å². The second-order valence-corrected chi connectivity index (χ2v) is 6.19. The smallest absolute Gasteiger partial charge is 0.326 e. The molecule has 0 bridgehead atoms. The van der Waals surface area contributed by atoms with Gasteiger partial charge in [0, 0.05) is 12.6 Å². The highest BCUT2D eigenvalue weighted by Crippen LogP contribution is 2.36. The molecule has 0 aliphatic carbocycles. The number of aromatic amines is 1. The molecule has 0 spiro atoms. The van der Waals surface area contributed by atoms with Crippen LogP contribution in [0.25, 0.3) is 0 Å². The van der Waals surface area contributed by atoms with Crippen LogP contribution < -0.4 is 11.4 Å². The number of hydrogen-bond acceptors (Lipinski definition) is 4. The maximum atomic E-state index is 11.7. The molecule has 2 rings (SSSR count). The summed E-state index contributed by atoms with van der Waals surface area (Å²) in [6, 6.07) is 8.38. The van der Waals surface area contributed by atoms with Gasteiger partial charge in [-0.3, -0.25) is 4.57 Å². The van der Waals surface area contributed by atoms with E-state index in [1.165, 1.54) is 5.56 Å². The van der Waals surface area contributed by atoms with Gasteiger partial charge in [-0.05, 0) is 25.8 Å². The second-order valence-electron chi connectivity index (χ2n) is 5.08. The molecule has 1 aromatic carbocycles. The van der Waals surface area contributed by atoms with E-state index in [2.05, 4.69) is 48.3 Å². The maximum absolute atomic E-state index is 11.7. The Balaban J connectivity index is 2.32. The van der Waals surface area contributed by atoms with Gasteiger partial charge in [-0.2, -0.15) is 0 Å². The van der Waals surface area contributed by atoms with Crippen molar-refractivity contribution in [1.29, 1.82) is 0 Å². The van der Waals surface area contributed by atoms with E-state index in [1.807, 2.05) is 6.92 Å². The Morgan fingerprint density at radius 3 is 2.57 bits per heavy atom. The number of nitrogens with zero attached hydrogens (tertiary/aromatic N) is 2. The highest BCUT2D eigenvalue weighted by Gasteiger charge is 2.22. The van der Waals surface area contributed by atoms with E-state index < -0.39 is 0 Å². The molecule has 114 valence electrons. The van der Waals surface area contributed by atoms with Gasteiger partial charge in [0.25, 0.3) is 0 Å². The van der Waals surface area contributed by atoms with Crippen LogP contribution in [0.2, 0.25) is 0 Å². The summed E-state index contributed by atoms with van der Waals surface area (Å²) in [4.78, 5) is 11.7. The Hall–Kier alpha value is -1.53. The van der Waals surface area contributed by atoms with Crippen LogP contribution in [0.5, 0.6) is 0 Å². The molecule has 0 fully saturated rings. The number of nitrogens with one attached hydrogen (secondary N) is 1. The van der Waals surface area contributed by atoms with Crippen molar-refractivity contribution in [1.82, 2.24) is 14.8 Å². The van der Waals surface area contributed by atoms with Gasteiger partial charge < -0.3 is 5.73 Å². The Labute approximate surface area is 128 Å². The molecule has 0 radical (unpaired) electrons. The SMILES string of the molecule is CCC(N)C(Sc1n[nH]c(=O)n1CC)c1ccc(C)cc1. The average Bonchev–Trinajstić information content (AvgIpc) is 2.85. The molecule has 0 amide bonds. The van der Waals surface area contributed by atoms with Crippen LogP contribution in [-0.2, 0) is 6.54 Å². The number of aromatic nitrogens is 3. The Kier molecular flexibility index (Phi) is 5.25. The molecule has 5 nitrogen and oxygen atoms in total. The zero-order valence-corrected chi connectivity index (χ0v) is 13.5. The fraction of sp³-hybridized carbons (Fsp3) is 0.467. The molecular formula is C15H22N4OS. The van der Waals surface area contributed by atoms with Crippen molar-refractivity contribution in [3.8, 4) is 0 Å². The number of rotatable bonds is 6. The number of thioether (sulfide) groups is 1. The minimum absolute atomic E-state index is 0.00909. The third-order valence-electron chi connectivity index (χ3n) is 3.54. The Morgan fingerprint density at radius 1 is 1.33 bits per heavy atom. The highest BCUT2D eigenvalue weighted by atomic mass is 32.2. The molecule has 21 heavy (non-hydrogen) atoms. The van der Waals surface area contributed by atoms with Crippen LogP contribution >= 0.6 is 11.8 Å². The normalized spacial score (nSPS) is 14.1. The van der Waals surface area contributed by atoms with E-state index >= 15 is 0 Å². The van der Waals surface area contributed by atoms with Crippen molar-refractivity contribution in [2.45, 2.75) is 50.2 Å². The molecule has 1 aromatic heterocycles. The topological polar surface area (TPSA) is 76.7 Å². The zero-order chi connectivity index (χ0) is 15.4. The van der Waals surface area contributed by atoms with E-state index in [0.29, 0.717) is 11.7 Å². The molecule has 6 heteroatoms. The summed E-state index contributed by atoms with van der Waals surface area (Å²) < 4.78 is 1.63. The van der Waals surface area contributed by atoms with Gasteiger partial charge in [0.05, 0.1) is 5.25 Å². The van der Waals surface area contributed by atoms with Crippen molar-refractivity contribution in [3.63, 3.8) is 0 Å². The second kappa shape index (κ2) is 6.95. The minimum atomic E-state index is -0.173. The van der Waals surface area contributed by atoms with Gasteiger partial charge in [-0.25, -0.2) is 9.89 Å². The number of H-pyrrole nitrogens is 1. The van der Waals surface area contributed by atoms with Crippen molar-refractivity contribution in [3.05, 3.63) is 45.9 Å². The van der Waals surface area contributed by atoms with E-state index in [4.69, 9.17) is 5.73 Å². The van der Waals surface area contributed by atoms with Crippen LogP contribution in [0, 0.1) is 6.92 Å². The molecule has 0 saturated heterocycles. The first-order valence-electron chi connectivity index (χ1n) is 7.20. The predicted molar refractivity (Wildman–Crippen MR) is 86.6 cm³/mol. The van der Waals surface area contributed by atoms with E-state index in [1.54, 1.807) is 16.3 Å². The van der Waals surface area contributed by atoms with Crippen molar-refractivity contribution >= 4 is 11.8 Å². The molecule has 1 heterocycles. The van der Waals surface area contributed by atoms with Crippen LogP contribution in [0.4, 0.5) is 0 Å². The molecule has 2 atom stereocenters. The molecule has 0 aliphatic heterocycles. The van der Waals surface area contributed by atoms with Gasteiger partial charge in [0.15, 0.2) is 5.16 Å². The lowest BCUT2D eigenvalue weighted by Crippen LogP contribution is -2.26. The molecular weight excluding hydrogens is 284 g/mol. The van der Waals surface area contributed by atoms with Crippen LogP contribution in [-0.4, -0.2) is 20.8 Å². The number of benzene rings is 1. The number of nitrogens with two attached hydrogens (primary N) is 1. The fourth-order valence-corrected chi connectivity index (χ4v) is 3.48. The Bertz CT molecular complexity index is 632. The fourth-order valence-electron chi connectivity index (χ4n) is 2.16. The summed E-state index contributed by atoms with van der Waals surface area (Å²) >= 11 is 1.55. The first-order chi connectivity index (χ1) is 10.1. The van der Waals surface area contributed by atoms with Gasteiger partial charge in [0.2, 0.25) is 0 Å². The monoisotopic (exact) mass is 306 g/mol. The molecule has 3 N–H and O–H groups in total. The standard InChI is InChI=1S/C15H22N4OS/c1-4-12(16)13(11-8-6-10(3)7-9-11)21-15-18-17-14(20)19(15)5-2/h6-9,12-13H,4-5,16H2,1-3H3,(H,17,20). The summed E-state index contributed by atoms with van der Waals surface area (Å²) in [5, 5.41) is 7.40. The third-order valence-corrected chi connectivity index (χ3v) is 4.94. The molecule has 0 saturated carbocycles. The lowest BCUT2D eigenvalue weighted by molar-refractivity contribution is 0.621. The van der Waals surface area contributed by atoms with Crippen molar-refractivity contribution in [2.75, 3.05) is 0 Å². The van der Waals surface area contributed by atoms with E-state index in [0.717, 1.165) is 12.0 Å². The number of hydrogen-bond donors (Lipinski definition) is 2. The van der Waals surface area contributed by atoms with Gasteiger partial charge in [-0.1, -0.05) is 48.5 Å². The highest BCUT2D eigenvalue weighted by molar-refractivity contribution is 7.99. The van der Waals surface area contributed by atoms with E-state index in [-0.39, 0.29) is 17.0 Å². The number of aryl methyl sites for hydroxylation is 1. The Morgan fingerprint density at radius 2 is 2.00 bits per heavy atom. The lowest BCUT2D eigenvalue weighted by atomic mass is 10.0. The first-order valence-corrected chi connectivity index (χ1v) is 8.08. The quantitative estimate of drug-likeness (QED) is 0.804. The van der Waals surface area contributed by atoms with Crippen molar-refractivity contribution in [2.24, 2.45) is 5.73 Å². The van der Waals surface area contributed by atoms with Crippen molar-refractivity contribution < 1.29 is 0 Å². The molecule has 2 unspecified atom stereocenters. The van der Waals surface area contributed by atoms with E-state index in [9.17, 15) is 4.79 Å². The summed E-state index contributed by atoms with van der Waals surface area (Å²) in [6.45, 7) is 6.67. The zero-order valence-electron chi connectivity index (χ0n) is 12.7. The minimum Gasteiger partial charge on any atom is -0.326 e. The average molecular weight is 306 g/mol. The maximum Gasteiger partial charge on any atom is 0.343 e. The lowest BCUT2D eigenvalue weighted by Gasteiger charge is -2.22. The first kappa shape index (κ1) is 15.9. The predicted octanol–water partition coefficient (Wildman–Crippen LogP) is 2.47. The summed E-state index contributed by atoms with van der Waals surface area (Å²) in [5.41, 5.74) is 8.50. The van der Waals surface area contributed by atoms with Crippen LogP contribution in [0.15, 0.2) is 34.2 Å². The van der Waals surface area contributed by atoms with Gasteiger partial charge in [-0.15, -0.1) is 5.10 Å². The van der Waals surface area contributed by atoms with Gasteiger partial charge >= 0.3 is 5.69 Å². The third kappa shape index (κ3) is 3.57. The molecule has 0 aliphatic rings.